The molecule has 210 valence electrons. The van der Waals surface area contributed by atoms with Crippen molar-refractivity contribution >= 4 is 27.8 Å². The van der Waals surface area contributed by atoms with Crippen molar-refractivity contribution in [1.82, 2.24) is 9.97 Å². The average molecular weight is 565 g/mol. The van der Waals surface area contributed by atoms with E-state index in [0.29, 0.717) is 6.54 Å². The lowest BCUT2D eigenvalue weighted by atomic mass is 9.73. The van der Waals surface area contributed by atoms with Crippen LogP contribution in [0.3, 0.4) is 0 Å². The van der Waals surface area contributed by atoms with E-state index in [1.807, 2.05) is 6.20 Å². The maximum Gasteiger partial charge on any atom is 0.488 e. The van der Waals surface area contributed by atoms with E-state index in [4.69, 9.17) is 20.7 Å². The number of hydrogen-bond acceptors (Lipinski definition) is 9. The number of piperidine rings is 1. The van der Waals surface area contributed by atoms with Crippen molar-refractivity contribution in [2.45, 2.75) is 52.1 Å². The van der Waals surface area contributed by atoms with E-state index < -0.39 is 10.5 Å². The van der Waals surface area contributed by atoms with Crippen LogP contribution >= 0.6 is 0 Å². The fourth-order valence-electron chi connectivity index (χ4n) is 6.75. The summed E-state index contributed by atoms with van der Waals surface area (Å²) in [6.45, 7) is 2.98. The van der Waals surface area contributed by atoms with Gasteiger partial charge in [-0.15, -0.1) is 0 Å². The lowest BCUT2D eigenvalue weighted by Gasteiger charge is -2.42. The molecule has 0 radical (unpaired) electrons. The third-order valence-corrected chi connectivity index (χ3v) is 9.11. The topological polar surface area (TPSA) is 114 Å². The zero-order chi connectivity index (χ0) is 26.8. The predicted molar refractivity (Wildman–Crippen MR) is 153 cm³/mol. The standard InChI is InChI=1S/C28H29FN6O3S.CH4/c29-39(36,37)38-20-7-8-23-18(14-20)5-3-11-35(23)27-25-22(16-32-27)33-24(17-31-25)34-12-9-28(10-13-34)15-19-4-1-2-6-21(19)26(28)30;/h1-2,4,6-8,14,17,26H,3,5,9-13,15-16,30H2;1H4/t26-;/m1./s1. The Hall–Kier alpha value is -3.57. The molecule has 4 heterocycles. The van der Waals surface area contributed by atoms with Gasteiger partial charge in [0.2, 0.25) is 0 Å². The number of anilines is 2. The molecule has 3 aromatic rings. The molecule has 3 aliphatic heterocycles. The minimum atomic E-state index is -5.07. The highest BCUT2D eigenvalue weighted by atomic mass is 32.3. The molecule has 1 fully saturated rings. The van der Waals surface area contributed by atoms with E-state index in [0.717, 1.165) is 86.0 Å². The van der Waals surface area contributed by atoms with Gasteiger partial charge in [0.15, 0.2) is 5.84 Å². The summed E-state index contributed by atoms with van der Waals surface area (Å²) >= 11 is 0. The Morgan fingerprint density at radius 1 is 1.07 bits per heavy atom. The molecule has 1 saturated heterocycles. The normalized spacial score (nSPS) is 20.9. The van der Waals surface area contributed by atoms with Crippen LogP contribution in [0.5, 0.6) is 5.75 Å². The smallest absolute Gasteiger partial charge is 0.358 e. The van der Waals surface area contributed by atoms with Gasteiger partial charge in [0.25, 0.3) is 0 Å². The minimum absolute atomic E-state index is 0. The summed E-state index contributed by atoms with van der Waals surface area (Å²) in [5, 5.41) is 0. The molecule has 0 unspecified atom stereocenters. The van der Waals surface area contributed by atoms with Crippen molar-refractivity contribution in [3.63, 3.8) is 0 Å². The number of aryl methyl sites for hydroxylation is 1. The molecule has 11 heteroatoms. The van der Waals surface area contributed by atoms with Gasteiger partial charge in [0, 0.05) is 31.4 Å². The van der Waals surface area contributed by atoms with Gasteiger partial charge in [-0.1, -0.05) is 35.6 Å². The average Bonchev–Trinajstić information content (AvgIpc) is 3.46. The van der Waals surface area contributed by atoms with E-state index in [2.05, 4.69) is 38.2 Å². The van der Waals surface area contributed by atoms with Crippen LogP contribution in [-0.2, 0) is 29.9 Å². The summed E-state index contributed by atoms with van der Waals surface area (Å²) in [4.78, 5) is 18.9. The predicted octanol–water partition coefficient (Wildman–Crippen LogP) is 4.26. The first kappa shape index (κ1) is 26.6. The van der Waals surface area contributed by atoms with Gasteiger partial charge in [-0.05, 0) is 72.4 Å². The van der Waals surface area contributed by atoms with Crippen LogP contribution in [0, 0.1) is 5.41 Å². The summed E-state index contributed by atoms with van der Waals surface area (Å²) in [5.74, 6) is 1.59. The highest BCUT2D eigenvalue weighted by Gasteiger charge is 2.46. The second kappa shape index (κ2) is 9.81. The monoisotopic (exact) mass is 564 g/mol. The summed E-state index contributed by atoms with van der Waals surface area (Å²) in [7, 11) is -5.07. The number of nitrogens with two attached hydrogens (primary N) is 1. The third kappa shape index (κ3) is 4.50. The molecule has 2 N–H and O–H groups in total. The maximum absolute atomic E-state index is 13.0. The largest absolute Gasteiger partial charge is 0.488 e. The first-order valence-corrected chi connectivity index (χ1v) is 14.6. The van der Waals surface area contributed by atoms with E-state index in [1.165, 1.54) is 17.2 Å². The molecule has 9 nitrogen and oxygen atoms in total. The van der Waals surface area contributed by atoms with Gasteiger partial charge < -0.3 is 19.7 Å². The Labute approximate surface area is 234 Å². The van der Waals surface area contributed by atoms with Gasteiger partial charge in [-0.2, -0.15) is 8.42 Å². The quantitative estimate of drug-likeness (QED) is 0.470. The Kier molecular flexibility index (Phi) is 6.53. The SMILES string of the molecule is C.N[C@@H]1c2ccccc2CC12CCN(c1cnc3c(n1)CN=C3N1CCCc3cc(OS(=O)(=O)F)ccc31)CC2. The van der Waals surface area contributed by atoms with Gasteiger partial charge in [0.1, 0.15) is 17.3 Å². The van der Waals surface area contributed by atoms with E-state index in [-0.39, 0.29) is 24.6 Å². The molecular formula is C29H33FN6O3S. The number of fused-ring (bicyclic) bond motifs is 3. The van der Waals surface area contributed by atoms with Crippen LogP contribution in [-0.4, -0.2) is 43.9 Å². The molecule has 0 amide bonds. The van der Waals surface area contributed by atoms with Gasteiger partial charge in [-0.25, -0.2) is 9.97 Å². The minimum Gasteiger partial charge on any atom is -0.358 e. The van der Waals surface area contributed by atoms with Crippen molar-refractivity contribution in [1.29, 1.82) is 0 Å². The maximum atomic E-state index is 13.0. The highest BCUT2D eigenvalue weighted by Crippen LogP contribution is 2.51. The first-order chi connectivity index (χ1) is 18.8. The van der Waals surface area contributed by atoms with Crippen LogP contribution in [0.25, 0.3) is 0 Å². The second-order valence-electron chi connectivity index (χ2n) is 10.9. The molecule has 1 atom stereocenters. The van der Waals surface area contributed by atoms with Crippen molar-refractivity contribution in [3.05, 3.63) is 76.7 Å². The Balaban J connectivity index is 0.00000289. The number of amidine groups is 1. The number of nitrogens with zero attached hydrogens (tertiary/aromatic N) is 5. The number of hydrogen-bond donors (Lipinski definition) is 1. The summed E-state index contributed by atoms with van der Waals surface area (Å²) in [5.41, 5.74) is 12.9. The van der Waals surface area contributed by atoms with Crippen LogP contribution in [0.15, 0.2) is 53.7 Å². The Bertz CT molecular complexity index is 1600. The lowest BCUT2D eigenvalue weighted by Crippen LogP contribution is -2.44. The highest BCUT2D eigenvalue weighted by molar-refractivity contribution is 7.81. The first-order valence-electron chi connectivity index (χ1n) is 13.3. The number of halogens is 1. The zero-order valence-electron chi connectivity index (χ0n) is 21.4. The zero-order valence-corrected chi connectivity index (χ0v) is 22.2. The van der Waals surface area contributed by atoms with Gasteiger partial charge in [-0.3, -0.25) is 4.99 Å². The van der Waals surface area contributed by atoms with Gasteiger partial charge in [0.05, 0.1) is 18.4 Å². The summed E-state index contributed by atoms with van der Waals surface area (Å²) < 4.78 is 39.2. The molecule has 40 heavy (non-hydrogen) atoms. The van der Waals surface area contributed by atoms with E-state index >= 15 is 0 Å². The third-order valence-electron chi connectivity index (χ3n) is 8.72. The van der Waals surface area contributed by atoms with Crippen LogP contribution in [0.4, 0.5) is 15.4 Å². The number of aliphatic imine (C=N–C) groups is 1. The fourth-order valence-corrected chi connectivity index (χ4v) is 7.08. The Morgan fingerprint density at radius 3 is 2.65 bits per heavy atom. The van der Waals surface area contributed by atoms with Crippen molar-refractivity contribution < 1.29 is 16.5 Å². The molecule has 0 saturated carbocycles. The fraction of sp³-hybridized carbons (Fsp3) is 0.414. The summed E-state index contributed by atoms with van der Waals surface area (Å²) in [6.07, 6.45) is 6.48. The lowest BCUT2D eigenvalue weighted by molar-refractivity contribution is 0.187. The second-order valence-corrected chi connectivity index (χ2v) is 11.8. The number of aromatic nitrogens is 2. The summed E-state index contributed by atoms with van der Waals surface area (Å²) in [6, 6.07) is 13.4. The van der Waals surface area contributed by atoms with Crippen LogP contribution < -0.4 is 19.7 Å². The Morgan fingerprint density at radius 2 is 1.88 bits per heavy atom. The molecule has 2 aromatic carbocycles. The molecule has 0 bridgehead atoms. The molecular weight excluding hydrogens is 531 g/mol. The molecule has 4 aliphatic rings. The van der Waals surface area contributed by atoms with Crippen molar-refractivity contribution in [2.75, 3.05) is 29.4 Å². The number of rotatable bonds is 3. The van der Waals surface area contributed by atoms with Gasteiger partial charge >= 0.3 is 10.5 Å². The van der Waals surface area contributed by atoms with Crippen LogP contribution in [0.1, 0.15) is 60.8 Å². The molecule has 1 aliphatic carbocycles. The molecule has 1 spiro atoms. The molecule has 1 aromatic heterocycles. The van der Waals surface area contributed by atoms with Crippen molar-refractivity contribution in [2.24, 2.45) is 16.1 Å². The van der Waals surface area contributed by atoms with Crippen LogP contribution in [0.2, 0.25) is 0 Å². The van der Waals surface area contributed by atoms with E-state index in [9.17, 15) is 12.3 Å². The molecule has 7 rings (SSSR count). The van der Waals surface area contributed by atoms with E-state index in [1.54, 1.807) is 12.1 Å². The number of benzene rings is 2. The van der Waals surface area contributed by atoms with Crippen molar-refractivity contribution in [3.8, 4) is 5.75 Å².